The number of carbonyl (C=O) groups is 1. The number of fused-ring (bicyclic) bond motifs is 1. The van der Waals surface area contributed by atoms with E-state index in [1.165, 1.54) is 28.9 Å². The molecule has 2 aromatic carbocycles. The van der Waals surface area contributed by atoms with E-state index in [0.717, 1.165) is 0 Å². The van der Waals surface area contributed by atoms with Gasteiger partial charge in [-0.3, -0.25) is 4.79 Å². The lowest BCUT2D eigenvalue weighted by Crippen LogP contribution is -2.01. The summed E-state index contributed by atoms with van der Waals surface area (Å²) < 4.78 is 19.8. The van der Waals surface area contributed by atoms with Crippen LogP contribution in [-0.2, 0) is 0 Å². The van der Waals surface area contributed by atoms with Crippen molar-refractivity contribution in [2.75, 3.05) is 0 Å². The molecule has 4 aromatic rings. The van der Waals surface area contributed by atoms with Crippen molar-refractivity contribution in [3.8, 4) is 11.6 Å². The van der Waals surface area contributed by atoms with E-state index in [0.29, 0.717) is 28.4 Å². The normalized spacial score (nSPS) is 10.8. The van der Waals surface area contributed by atoms with Crippen molar-refractivity contribution >= 4 is 11.4 Å². The summed E-state index contributed by atoms with van der Waals surface area (Å²) in [5.74, 6) is 0.250. The van der Waals surface area contributed by atoms with Crippen LogP contribution in [0.2, 0.25) is 0 Å². The molecule has 4 rings (SSSR count). The second-order valence-electron chi connectivity index (χ2n) is 5.16. The topological polar surface area (TPSA) is 82.3 Å². The molecule has 2 aromatic heterocycles. The molecular formula is C17H10FN5O2. The van der Waals surface area contributed by atoms with Crippen LogP contribution >= 0.6 is 0 Å². The second-order valence-corrected chi connectivity index (χ2v) is 5.16. The number of tetrazole rings is 1. The number of halogens is 1. The number of rotatable bonds is 4. The van der Waals surface area contributed by atoms with Gasteiger partial charge >= 0.3 is 0 Å². The minimum absolute atomic E-state index is 0.195. The molecule has 0 fully saturated rings. The Kier molecular flexibility index (Phi) is 3.62. The SMILES string of the molecule is O=C(c1ccc(F)cc1)c1ccc(Oc2ccc3nnnn3n2)cc1. The molecule has 0 saturated carbocycles. The minimum atomic E-state index is -0.382. The minimum Gasteiger partial charge on any atom is -0.438 e. The monoisotopic (exact) mass is 335 g/mol. The van der Waals surface area contributed by atoms with Crippen molar-refractivity contribution in [2.45, 2.75) is 0 Å². The first-order valence-electron chi connectivity index (χ1n) is 7.33. The van der Waals surface area contributed by atoms with Crippen LogP contribution in [0, 0.1) is 5.82 Å². The fourth-order valence-corrected chi connectivity index (χ4v) is 2.25. The lowest BCUT2D eigenvalue weighted by Gasteiger charge is -2.06. The molecular weight excluding hydrogens is 325 g/mol. The Bertz CT molecular complexity index is 1040. The predicted molar refractivity (Wildman–Crippen MR) is 84.9 cm³/mol. The molecule has 122 valence electrons. The molecule has 0 amide bonds. The van der Waals surface area contributed by atoms with Gasteiger partial charge in [-0.2, -0.15) is 0 Å². The van der Waals surface area contributed by atoms with Gasteiger partial charge in [0.1, 0.15) is 11.6 Å². The van der Waals surface area contributed by atoms with Crippen LogP contribution < -0.4 is 4.74 Å². The number of ether oxygens (including phenoxy) is 1. The molecule has 0 N–H and O–H groups in total. The van der Waals surface area contributed by atoms with E-state index in [9.17, 15) is 9.18 Å². The molecule has 0 bridgehead atoms. The van der Waals surface area contributed by atoms with Crippen LogP contribution in [0.1, 0.15) is 15.9 Å². The van der Waals surface area contributed by atoms with E-state index < -0.39 is 0 Å². The van der Waals surface area contributed by atoms with Gasteiger partial charge in [0, 0.05) is 17.2 Å². The van der Waals surface area contributed by atoms with Crippen LogP contribution in [0.25, 0.3) is 5.65 Å². The maximum absolute atomic E-state index is 12.9. The van der Waals surface area contributed by atoms with Crippen LogP contribution in [0.15, 0.2) is 60.7 Å². The first-order chi connectivity index (χ1) is 12.2. The quantitative estimate of drug-likeness (QED) is 0.533. The van der Waals surface area contributed by atoms with E-state index in [1.807, 2.05) is 0 Å². The molecule has 0 atom stereocenters. The second kappa shape index (κ2) is 6.08. The predicted octanol–water partition coefficient (Wildman–Crippen LogP) is 2.68. The van der Waals surface area contributed by atoms with E-state index in [2.05, 4.69) is 20.6 Å². The Morgan fingerprint density at radius 2 is 1.60 bits per heavy atom. The van der Waals surface area contributed by atoms with Gasteiger partial charge in [0.15, 0.2) is 11.4 Å². The largest absolute Gasteiger partial charge is 0.438 e. The fourth-order valence-electron chi connectivity index (χ4n) is 2.25. The summed E-state index contributed by atoms with van der Waals surface area (Å²) in [6, 6.07) is 15.3. The van der Waals surface area contributed by atoms with E-state index in [1.54, 1.807) is 36.4 Å². The van der Waals surface area contributed by atoms with E-state index >= 15 is 0 Å². The number of aromatic nitrogens is 5. The number of benzene rings is 2. The third-order valence-electron chi connectivity index (χ3n) is 3.49. The van der Waals surface area contributed by atoms with Crippen LogP contribution in [-0.4, -0.2) is 31.0 Å². The number of carbonyl (C=O) groups excluding carboxylic acids is 1. The number of hydrogen-bond acceptors (Lipinski definition) is 6. The highest BCUT2D eigenvalue weighted by atomic mass is 19.1. The van der Waals surface area contributed by atoms with Gasteiger partial charge in [-0.15, -0.1) is 14.8 Å². The molecule has 0 spiro atoms. The van der Waals surface area contributed by atoms with Gasteiger partial charge in [0.05, 0.1) is 0 Å². The molecule has 7 nitrogen and oxygen atoms in total. The van der Waals surface area contributed by atoms with Gasteiger partial charge in [-0.05, 0) is 65.0 Å². The fraction of sp³-hybridized carbons (Fsp3) is 0. The summed E-state index contributed by atoms with van der Waals surface area (Å²) in [5.41, 5.74) is 1.40. The highest BCUT2D eigenvalue weighted by Gasteiger charge is 2.10. The lowest BCUT2D eigenvalue weighted by atomic mass is 10.0. The molecule has 2 heterocycles. The van der Waals surface area contributed by atoms with Gasteiger partial charge < -0.3 is 4.74 Å². The van der Waals surface area contributed by atoms with Crippen LogP contribution in [0.4, 0.5) is 4.39 Å². The highest BCUT2D eigenvalue weighted by molar-refractivity contribution is 6.08. The maximum Gasteiger partial charge on any atom is 0.239 e. The van der Waals surface area contributed by atoms with Crippen molar-refractivity contribution < 1.29 is 13.9 Å². The molecule has 0 radical (unpaired) electrons. The van der Waals surface area contributed by atoms with E-state index in [-0.39, 0.29) is 11.6 Å². The summed E-state index contributed by atoms with van der Waals surface area (Å²) in [6.45, 7) is 0. The average molecular weight is 335 g/mol. The Morgan fingerprint density at radius 1 is 0.920 bits per heavy atom. The number of ketones is 1. The van der Waals surface area contributed by atoms with Crippen molar-refractivity contribution in [3.63, 3.8) is 0 Å². The summed E-state index contributed by atoms with van der Waals surface area (Å²) in [5, 5.41) is 15.0. The third kappa shape index (κ3) is 3.05. The lowest BCUT2D eigenvalue weighted by molar-refractivity contribution is 0.103. The van der Waals surface area contributed by atoms with Crippen molar-refractivity contribution in [3.05, 3.63) is 77.6 Å². The zero-order valence-corrected chi connectivity index (χ0v) is 12.7. The molecule has 0 aliphatic heterocycles. The Balaban J connectivity index is 1.53. The van der Waals surface area contributed by atoms with Crippen molar-refractivity contribution in [2.24, 2.45) is 0 Å². The molecule has 8 heteroatoms. The van der Waals surface area contributed by atoms with E-state index in [4.69, 9.17) is 4.74 Å². The number of nitrogens with zero attached hydrogens (tertiary/aromatic N) is 5. The van der Waals surface area contributed by atoms with Crippen LogP contribution in [0.5, 0.6) is 11.6 Å². The third-order valence-corrected chi connectivity index (χ3v) is 3.49. The molecule has 0 saturated heterocycles. The standard InChI is InChI=1S/C17H10FN5O2/c18-13-5-1-11(2-6-13)17(24)12-3-7-14(8-4-12)25-16-10-9-15-19-21-22-23(15)20-16/h1-10H. The first kappa shape index (κ1) is 14.9. The number of hydrogen-bond donors (Lipinski definition) is 0. The van der Waals surface area contributed by atoms with Gasteiger partial charge in [-0.1, -0.05) is 0 Å². The summed E-state index contributed by atoms with van der Waals surface area (Å²) in [4.78, 5) is 12.3. The molecule has 0 aliphatic rings. The molecule has 0 unspecified atom stereocenters. The average Bonchev–Trinajstić information content (AvgIpc) is 3.10. The maximum atomic E-state index is 12.9. The van der Waals surface area contributed by atoms with Gasteiger partial charge in [-0.25, -0.2) is 4.39 Å². The summed E-state index contributed by atoms with van der Waals surface area (Å²) in [7, 11) is 0. The Labute approximate surface area is 140 Å². The van der Waals surface area contributed by atoms with Crippen molar-refractivity contribution in [1.29, 1.82) is 0 Å². The molecule has 0 aliphatic carbocycles. The summed E-state index contributed by atoms with van der Waals surface area (Å²) in [6.07, 6.45) is 0. The van der Waals surface area contributed by atoms with Gasteiger partial charge in [0.25, 0.3) is 0 Å². The van der Waals surface area contributed by atoms with Crippen molar-refractivity contribution in [1.82, 2.24) is 25.3 Å². The summed E-state index contributed by atoms with van der Waals surface area (Å²) >= 11 is 0. The highest BCUT2D eigenvalue weighted by Crippen LogP contribution is 2.21. The Morgan fingerprint density at radius 3 is 2.32 bits per heavy atom. The smallest absolute Gasteiger partial charge is 0.239 e. The molecule has 25 heavy (non-hydrogen) atoms. The van der Waals surface area contributed by atoms with Crippen LogP contribution in [0.3, 0.4) is 0 Å². The Hall–Kier alpha value is -3.68. The van der Waals surface area contributed by atoms with Gasteiger partial charge in [0.2, 0.25) is 5.88 Å². The zero-order chi connectivity index (χ0) is 17.2. The first-order valence-corrected chi connectivity index (χ1v) is 7.33. The zero-order valence-electron chi connectivity index (χ0n) is 12.7.